The Morgan fingerprint density at radius 1 is 1.29 bits per heavy atom. The summed E-state index contributed by atoms with van der Waals surface area (Å²) < 4.78 is 5.15. The van der Waals surface area contributed by atoms with E-state index in [0.717, 1.165) is 13.0 Å². The Balaban J connectivity index is 1.85. The molecule has 1 atom stereocenters. The molecule has 1 aliphatic carbocycles. The Morgan fingerprint density at radius 2 is 2.18 bits per heavy atom. The third kappa shape index (κ3) is 3.99. The smallest absolute Gasteiger partial charge is 0.0713 e. The second-order valence-corrected chi connectivity index (χ2v) is 4.62. The summed E-state index contributed by atoms with van der Waals surface area (Å²) in [6.07, 6.45) is 8.19. The van der Waals surface area contributed by atoms with Crippen molar-refractivity contribution in [2.75, 3.05) is 7.11 Å². The summed E-state index contributed by atoms with van der Waals surface area (Å²) in [6.45, 7) is 1.65. The summed E-state index contributed by atoms with van der Waals surface area (Å²) in [7, 11) is 1.74. The van der Waals surface area contributed by atoms with Crippen molar-refractivity contribution in [2.45, 2.75) is 38.5 Å². The lowest BCUT2D eigenvalue weighted by atomic mass is 10.0. The van der Waals surface area contributed by atoms with Gasteiger partial charge in [-0.25, -0.2) is 0 Å². The highest BCUT2D eigenvalue weighted by Crippen LogP contribution is 2.12. The molecule has 1 aromatic rings. The van der Waals surface area contributed by atoms with E-state index in [9.17, 15) is 0 Å². The number of nitrogens with one attached hydrogen (secondary N) is 1. The Kier molecular flexibility index (Phi) is 4.77. The molecule has 2 rings (SSSR count). The molecule has 17 heavy (non-hydrogen) atoms. The molecule has 2 heteroatoms. The van der Waals surface area contributed by atoms with E-state index in [1.807, 2.05) is 0 Å². The van der Waals surface area contributed by atoms with E-state index in [0.29, 0.717) is 12.6 Å². The van der Waals surface area contributed by atoms with Crippen molar-refractivity contribution in [2.24, 2.45) is 0 Å². The number of benzene rings is 1. The van der Waals surface area contributed by atoms with Gasteiger partial charge in [-0.3, -0.25) is 0 Å². The highest BCUT2D eigenvalue weighted by atomic mass is 16.5. The molecule has 0 amide bonds. The van der Waals surface area contributed by atoms with Crippen LogP contribution in [0.5, 0.6) is 0 Å². The number of hydrogen-bond donors (Lipinski definition) is 1. The fraction of sp³-hybridized carbons (Fsp3) is 0.467. The molecule has 0 fully saturated rings. The van der Waals surface area contributed by atoms with E-state index in [2.05, 4.69) is 41.7 Å². The van der Waals surface area contributed by atoms with Crippen molar-refractivity contribution < 1.29 is 4.74 Å². The van der Waals surface area contributed by atoms with Crippen molar-refractivity contribution >= 4 is 0 Å². The zero-order chi connectivity index (χ0) is 11.9. The molecule has 1 N–H and O–H groups in total. The molecule has 2 nitrogen and oxygen atoms in total. The van der Waals surface area contributed by atoms with Gasteiger partial charge in [0, 0.05) is 19.7 Å². The van der Waals surface area contributed by atoms with E-state index < -0.39 is 0 Å². The van der Waals surface area contributed by atoms with Crippen LogP contribution in [0.15, 0.2) is 36.4 Å². The van der Waals surface area contributed by atoms with Gasteiger partial charge in [0.05, 0.1) is 6.61 Å². The second kappa shape index (κ2) is 6.58. The number of hydrogen-bond acceptors (Lipinski definition) is 2. The lowest BCUT2D eigenvalue weighted by Crippen LogP contribution is -2.29. The average Bonchev–Trinajstić information content (AvgIpc) is 2.39. The van der Waals surface area contributed by atoms with Crippen LogP contribution in [0.2, 0.25) is 0 Å². The van der Waals surface area contributed by atoms with Crippen LogP contribution in [0.3, 0.4) is 0 Å². The number of allylic oxidation sites excluding steroid dienone is 1. The first-order valence-corrected chi connectivity index (χ1v) is 6.33. The molecule has 0 bridgehead atoms. The fourth-order valence-electron chi connectivity index (χ4n) is 2.24. The molecule has 0 radical (unpaired) electrons. The number of rotatable bonds is 5. The third-order valence-corrected chi connectivity index (χ3v) is 3.17. The topological polar surface area (TPSA) is 21.3 Å². The van der Waals surface area contributed by atoms with Gasteiger partial charge in [0.1, 0.15) is 0 Å². The first-order valence-electron chi connectivity index (χ1n) is 6.33. The fourth-order valence-corrected chi connectivity index (χ4v) is 2.24. The summed E-state index contributed by atoms with van der Waals surface area (Å²) in [6, 6.07) is 9.24. The maximum atomic E-state index is 5.15. The first-order chi connectivity index (χ1) is 8.38. The van der Waals surface area contributed by atoms with Crippen molar-refractivity contribution in [3.8, 4) is 0 Å². The molecule has 0 aromatic heterocycles. The van der Waals surface area contributed by atoms with Gasteiger partial charge in [-0.1, -0.05) is 36.4 Å². The van der Waals surface area contributed by atoms with Gasteiger partial charge >= 0.3 is 0 Å². The van der Waals surface area contributed by atoms with E-state index in [4.69, 9.17) is 4.74 Å². The van der Waals surface area contributed by atoms with Crippen LogP contribution in [-0.2, 0) is 17.9 Å². The zero-order valence-electron chi connectivity index (χ0n) is 10.5. The van der Waals surface area contributed by atoms with Crippen LogP contribution in [-0.4, -0.2) is 13.2 Å². The summed E-state index contributed by atoms with van der Waals surface area (Å²) in [5.74, 6) is 0. The minimum atomic E-state index is 0.645. The van der Waals surface area contributed by atoms with Gasteiger partial charge in [-0.05, 0) is 30.4 Å². The average molecular weight is 231 g/mol. The minimum Gasteiger partial charge on any atom is -0.380 e. The molecule has 1 unspecified atom stereocenters. The maximum absolute atomic E-state index is 5.15. The van der Waals surface area contributed by atoms with E-state index in [1.54, 1.807) is 7.11 Å². The standard InChI is InChI=1S/C15H21NO/c1-17-12-14-7-5-6-13(10-14)11-16-15-8-3-2-4-9-15/h2-3,5-7,10,15-16H,4,8-9,11-12H2,1H3. The monoisotopic (exact) mass is 231 g/mol. The molecule has 1 aromatic carbocycles. The lowest BCUT2D eigenvalue weighted by Gasteiger charge is -2.19. The normalized spacial score (nSPS) is 19.5. The van der Waals surface area contributed by atoms with Gasteiger partial charge in [0.25, 0.3) is 0 Å². The molecular weight excluding hydrogens is 210 g/mol. The quantitative estimate of drug-likeness (QED) is 0.786. The summed E-state index contributed by atoms with van der Waals surface area (Å²) in [4.78, 5) is 0. The third-order valence-electron chi connectivity index (χ3n) is 3.17. The minimum absolute atomic E-state index is 0.645. The predicted molar refractivity (Wildman–Crippen MR) is 70.8 cm³/mol. The predicted octanol–water partition coefficient (Wildman–Crippen LogP) is 3.03. The Bertz CT molecular complexity index is 373. The van der Waals surface area contributed by atoms with Gasteiger partial charge in [-0.15, -0.1) is 0 Å². The second-order valence-electron chi connectivity index (χ2n) is 4.62. The van der Waals surface area contributed by atoms with Gasteiger partial charge in [0.2, 0.25) is 0 Å². The highest BCUT2D eigenvalue weighted by molar-refractivity contribution is 5.23. The Hall–Kier alpha value is -1.12. The Labute approximate surface area is 104 Å². The van der Waals surface area contributed by atoms with Crippen LogP contribution >= 0.6 is 0 Å². The van der Waals surface area contributed by atoms with Crippen molar-refractivity contribution in [1.29, 1.82) is 0 Å². The van der Waals surface area contributed by atoms with E-state index >= 15 is 0 Å². The number of methoxy groups -OCH3 is 1. The van der Waals surface area contributed by atoms with Crippen LogP contribution in [0.4, 0.5) is 0 Å². The summed E-state index contributed by atoms with van der Waals surface area (Å²) in [5, 5.41) is 3.62. The molecule has 92 valence electrons. The highest BCUT2D eigenvalue weighted by Gasteiger charge is 2.08. The molecule has 0 spiro atoms. The van der Waals surface area contributed by atoms with Crippen LogP contribution in [0, 0.1) is 0 Å². The molecule has 0 aliphatic heterocycles. The summed E-state index contributed by atoms with van der Waals surface area (Å²) in [5.41, 5.74) is 2.59. The van der Waals surface area contributed by atoms with E-state index in [-0.39, 0.29) is 0 Å². The van der Waals surface area contributed by atoms with Crippen LogP contribution in [0.25, 0.3) is 0 Å². The van der Waals surface area contributed by atoms with Crippen LogP contribution < -0.4 is 5.32 Å². The Morgan fingerprint density at radius 3 is 2.94 bits per heavy atom. The lowest BCUT2D eigenvalue weighted by molar-refractivity contribution is 0.185. The SMILES string of the molecule is COCc1cccc(CNC2CC=CCC2)c1. The zero-order valence-corrected chi connectivity index (χ0v) is 10.5. The van der Waals surface area contributed by atoms with Gasteiger partial charge in [0.15, 0.2) is 0 Å². The molecular formula is C15H21NO. The van der Waals surface area contributed by atoms with Gasteiger partial charge < -0.3 is 10.1 Å². The van der Waals surface area contributed by atoms with E-state index in [1.165, 1.54) is 24.0 Å². The van der Waals surface area contributed by atoms with Crippen LogP contribution in [0.1, 0.15) is 30.4 Å². The summed E-state index contributed by atoms with van der Waals surface area (Å²) >= 11 is 0. The van der Waals surface area contributed by atoms with Gasteiger partial charge in [-0.2, -0.15) is 0 Å². The first kappa shape index (κ1) is 12.3. The maximum Gasteiger partial charge on any atom is 0.0713 e. The molecule has 0 saturated carbocycles. The van der Waals surface area contributed by atoms with Crippen molar-refractivity contribution in [1.82, 2.24) is 5.32 Å². The van der Waals surface area contributed by atoms with Crippen molar-refractivity contribution in [3.63, 3.8) is 0 Å². The molecule has 1 aliphatic rings. The van der Waals surface area contributed by atoms with Crippen molar-refractivity contribution in [3.05, 3.63) is 47.5 Å². The largest absolute Gasteiger partial charge is 0.380 e. The molecule has 0 heterocycles. The number of ether oxygens (including phenoxy) is 1. The molecule has 0 saturated heterocycles.